The van der Waals surface area contributed by atoms with Gasteiger partial charge in [-0.3, -0.25) is 4.79 Å². The molecule has 0 saturated carbocycles. The quantitative estimate of drug-likeness (QED) is 0.754. The molecule has 0 fully saturated rings. The van der Waals surface area contributed by atoms with Gasteiger partial charge in [0.05, 0.1) is 12.2 Å². The van der Waals surface area contributed by atoms with E-state index in [9.17, 15) is 4.79 Å². The zero-order valence-electron chi connectivity index (χ0n) is 10.1. The highest BCUT2D eigenvalue weighted by Gasteiger charge is 2.47. The number of amides is 1. The molecule has 1 heterocycles. The molecule has 0 bridgehead atoms. The van der Waals surface area contributed by atoms with Gasteiger partial charge in [0.1, 0.15) is 12.2 Å². The number of primary amides is 1. The molecule has 1 aliphatic carbocycles. The summed E-state index contributed by atoms with van der Waals surface area (Å²) in [6, 6.07) is 0. The van der Waals surface area contributed by atoms with Crippen molar-refractivity contribution in [3.63, 3.8) is 0 Å². The average molecular weight is 248 g/mol. The highest BCUT2D eigenvalue weighted by Crippen LogP contribution is 2.39. The summed E-state index contributed by atoms with van der Waals surface area (Å²) in [5.41, 5.74) is 11.7. The van der Waals surface area contributed by atoms with Crippen LogP contribution < -0.4 is 11.5 Å². The third-order valence-corrected chi connectivity index (χ3v) is 3.25. The van der Waals surface area contributed by atoms with E-state index in [1.807, 2.05) is 6.08 Å². The molecule has 0 saturated heterocycles. The summed E-state index contributed by atoms with van der Waals surface area (Å²) in [4.78, 5) is 11.6. The molecular weight excluding hydrogens is 232 g/mol. The lowest BCUT2D eigenvalue weighted by Gasteiger charge is -2.40. The first-order valence-corrected chi connectivity index (χ1v) is 5.60. The Morgan fingerprint density at radius 2 is 2.39 bits per heavy atom. The maximum absolute atomic E-state index is 11.6. The van der Waals surface area contributed by atoms with E-state index < -0.39 is 17.4 Å². The van der Waals surface area contributed by atoms with E-state index in [0.29, 0.717) is 12.3 Å². The van der Waals surface area contributed by atoms with Crippen molar-refractivity contribution in [2.45, 2.75) is 5.60 Å². The zero-order valence-corrected chi connectivity index (χ0v) is 10.1. The second kappa shape index (κ2) is 4.70. The molecule has 18 heavy (non-hydrogen) atoms. The molecule has 2 rings (SSSR count). The van der Waals surface area contributed by atoms with E-state index >= 15 is 0 Å². The molecule has 1 amide bonds. The van der Waals surface area contributed by atoms with E-state index in [4.69, 9.17) is 20.9 Å². The van der Waals surface area contributed by atoms with Crippen molar-refractivity contribution < 1.29 is 14.3 Å². The van der Waals surface area contributed by atoms with E-state index in [2.05, 4.69) is 0 Å². The second-order valence-corrected chi connectivity index (χ2v) is 4.12. The maximum atomic E-state index is 11.6. The number of carbonyl (C=O) groups is 1. The zero-order chi connectivity index (χ0) is 13.2. The smallest absolute Gasteiger partial charge is 0.228 e. The van der Waals surface area contributed by atoms with Crippen molar-refractivity contribution in [2.24, 2.45) is 17.4 Å². The molecular formula is C13H16N2O3. The van der Waals surface area contributed by atoms with Crippen LogP contribution in [0.15, 0.2) is 47.9 Å². The molecule has 0 aromatic carbocycles. The molecule has 2 unspecified atom stereocenters. The largest absolute Gasteiger partial charge is 0.497 e. The molecule has 5 heteroatoms. The van der Waals surface area contributed by atoms with Gasteiger partial charge in [-0.1, -0.05) is 12.2 Å². The fourth-order valence-corrected chi connectivity index (χ4v) is 2.37. The monoisotopic (exact) mass is 248 g/mol. The predicted octanol–water partition coefficient (Wildman–Crippen LogP) is 0.356. The maximum Gasteiger partial charge on any atom is 0.228 e. The van der Waals surface area contributed by atoms with Crippen LogP contribution in [0, 0.1) is 5.92 Å². The summed E-state index contributed by atoms with van der Waals surface area (Å²) in [7, 11) is 1.51. The van der Waals surface area contributed by atoms with Crippen LogP contribution in [-0.4, -0.2) is 25.2 Å². The molecule has 1 aliphatic heterocycles. The minimum absolute atomic E-state index is 0.416. The Morgan fingerprint density at radius 1 is 1.61 bits per heavy atom. The number of nitrogens with two attached hydrogens (primary N) is 2. The fourth-order valence-electron chi connectivity index (χ4n) is 2.37. The van der Waals surface area contributed by atoms with Gasteiger partial charge < -0.3 is 20.9 Å². The lowest BCUT2D eigenvalue weighted by molar-refractivity contribution is -0.126. The summed E-state index contributed by atoms with van der Waals surface area (Å²) in [6.45, 7) is 0.416. The standard InChI is InChI=1S/C13H16N2O3/c1-17-13(9-5-7-18-8-6-9)10(12(15)16)3-2-4-11(13)14/h2-7,10H,8,14H2,1H3,(H2,15,16). The third kappa shape index (κ3) is 1.73. The Labute approximate surface area is 105 Å². The third-order valence-electron chi connectivity index (χ3n) is 3.25. The number of carbonyl (C=O) groups excluding carboxylic acids is 1. The lowest BCUT2D eigenvalue weighted by atomic mass is 9.74. The first-order valence-electron chi connectivity index (χ1n) is 5.60. The number of hydrogen-bond acceptors (Lipinski definition) is 4. The Bertz CT molecular complexity index is 477. The van der Waals surface area contributed by atoms with Crippen LogP contribution in [0.25, 0.3) is 0 Å². The van der Waals surface area contributed by atoms with Crippen LogP contribution in [0.5, 0.6) is 0 Å². The average Bonchev–Trinajstić information content (AvgIpc) is 2.39. The van der Waals surface area contributed by atoms with Crippen molar-refractivity contribution in [2.75, 3.05) is 13.7 Å². The SMILES string of the molecule is COC1(C2=CCOC=C2)C(N)=CC=CC1C(N)=O. The summed E-state index contributed by atoms with van der Waals surface area (Å²) in [5.74, 6) is -1.12. The summed E-state index contributed by atoms with van der Waals surface area (Å²) in [5, 5.41) is 0. The lowest BCUT2D eigenvalue weighted by Crippen LogP contribution is -2.51. The van der Waals surface area contributed by atoms with Crippen LogP contribution >= 0.6 is 0 Å². The van der Waals surface area contributed by atoms with Gasteiger partial charge in [0.2, 0.25) is 5.91 Å². The molecule has 0 aromatic rings. The molecule has 0 spiro atoms. The first kappa shape index (κ1) is 12.4. The summed E-state index contributed by atoms with van der Waals surface area (Å²) >= 11 is 0. The molecule has 0 radical (unpaired) electrons. The molecule has 0 aromatic heterocycles. The van der Waals surface area contributed by atoms with E-state index in [1.54, 1.807) is 30.6 Å². The van der Waals surface area contributed by atoms with Gasteiger partial charge in [0.15, 0.2) is 0 Å². The number of rotatable bonds is 3. The minimum atomic E-state index is -1.04. The first-order chi connectivity index (χ1) is 8.63. The van der Waals surface area contributed by atoms with E-state index in [0.717, 1.165) is 5.57 Å². The van der Waals surface area contributed by atoms with E-state index in [1.165, 1.54) is 7.11 Å². The highest BCUT2D eigenvalue weighted by atomic mass is 16.5. The van der Waals surface area contributed by atoms with Crippen molar-refractivity contribution in [3.05, 3.63) is 47.9 Å². The topological polar surface area (TPSA) is 87.6 Å². The molecule has 2 aliphatic rings. The van der Waals surface area contributed by atoms with Gasteiger partial charge >= 0.3 is 0 Å². The second-order valence-electron chi connectivity index (χ2n) is 4.12. The number of methoxy groups -OCH3 is 1. The Hall–Kier alpha value is -2.01. The van der Waals surface area contributed by atoms with Crippen LogP contribution in [0.3, 0.4) is 0 Å². The van der Waals surface area contributed by atoms with Crippen molar-refractivity contribution in [1.29, 1.82) is 0 Å². The van der Waals surface area contributed by atoms with Gasteiger partial charge in [0.25, 0.3) is 0 Å². The van der Waals surface area contributed by atoms with E-state index in [-0.39, 0.29) is 0 Å². The van der Waals surface area contributed by atoms with Gasteiger partial charge in [-0.2, -0.15) is 0 Å². The summed E-state index contributed by atoms with van der Waals surface area (Å²) in [6.07, 6.45) is 10.3. The predicted molar refractivity (Wildman–Crippen MR) is 67.0 cm³/mol. The van der Waals surface area contributed by atoms with Gasteiger partial charge in [-0.15, -0.1) is 0 Å². The van der Waals surface area contributed by atoms with Crippen LogP contribution in [0.4, 0.5) is 0 Å². The molecule has 2 atom stereocenters. The Morgan fingerprint density at radius 3 is 2.94 bits per heavy atom. The van der Waals surface area contributed by atoms with Crippen molar-refractivity contribution >= 4 is 5.91 Å². The van der Waals surface area contributed by atoms with Gasteiger partial charge in [-0.25, -0.2) is 0 Å². The van der Waals surface area contributed by atoms with Gasteiger partial charge in [0, 0.05) is 12.8 Å². The van der Waals surface area contributed by atoms with Crippen molar-refractivity contribution in [1.82, 2.24) is 0 Å². The summed E-state index contributed by atoms with van der Waals surface area (Å²) < 4.78 is 10.7. The van der Waals surface area contributed by atoms with Crippen LogP contribution in [-0.2, 0) is 14.3 Å². The Balaban J connectivity index is 2.53. The fraction of sp³-hybridized carbons (Fsp3) is 0.308. The number of allylic oxidation sites excluding steroid dienone is 2. The van der Waals surface area contributed by atoms with Crippen LogP contribution in [0.1, 0.15) is 0 Å². The minimum Gasteiger partial charge on any atom is -0.497 e. The molecule has 5 nitrogen and oxygen atoms in total. The van der Waals surface area contributed by atoms with Crippen molar-refractivity contribution in [3.8, 4) is 0 Å². The molecule has 4 N–H and O–H groups in total. The number of hydrogen-bond donors (Lipinski definition) is 2. The normalized spacial score (nSPS) is 30.4. The molecule has 96 valence electrons. The van der Waals surface area contributed by atoms with Gasteiger partial charge in [-0.05, 0) is 23.8 Å². The number of ether oxygens (including phenoxy) is 2. The highest BCUT2D eigenvalue weighted by molar-refractivity contribution is 5.82. The Kier molecular flexibility index (Phi) is 3.25. The van der Waals surface area contributed by atoms with Crippen LogP contribution in [0.2, 0.25) is 0 Å².